The summed E-state index contributed by atoms with van der Waals surface area (Å²) in [4.78, 5) is 42.2. The molecule has 4 unspecified atom stereocenters. The van der Waals surface area contributed by atoms with Crippen molar-refractivity contribution in [1.29, 1.82) is 0 Å². The number of nitrogens with one attached hydrogen (secondary N) is 2. The van der Waals surface area contributed by atoms with E-state index in [0.29, 0.717) is 32.9 Å². The molecule has 1 fully saturated rings. The van der Waals surface area contributed by atoms with Crippen LogP contribution in [0.25, 0.3) is 0 Å². The molecule has 1 saturated carbocycles. The molecule has 234 valence electrons. The van der Waals surface area contributed by atoms with Crippen molar-refractivity contribution < 1.29 is 29.0 Å². The van der Waals surface area contributed by atoms with Gasteiger partial charge in [-0.2, -0.15) is 0 Å². The molecule has 9 heteroatoms. The average Bonchev–Trinajstić information content (AvgIpc) is 2.93. The highest BCUT2D eigenvalue weighted by Gasteiger charge is 2.56. The number of Topliss-reactive ketones (excluding diaryl/α,β-unsaturated/α-hetero) is 1. The molecule has 0 heterocycles. The van der Waals surface area contributed by atoms with Gasteiger partial charge in [-0.15, -0.1) is 0 Å². The van der Waals surface area contributed by atoms with Crippen LogP contribution in [0.2, 0.25) is 0 Å². The predicted octanol–water partition coefficient (Wildman–Crippen LogP) is 6.80. The lowest BCUT2D eigenvalue weighted by Gasteiger charge is -2.44. The third kappa shape index (κ3) is 6.69. The Bertz CT molecular complexity index is 1600. The number of hydrogen-bond acceptors (Lipinski definition) is 6. The van der Waals surface area contributed by atoms with Crippen LogP contribution in [0, 0.1) is 39.5 Å². The predicted molar refractivity (Wildman–Crippen MR) is 176 cm³/mol. The van der Waals surface area contributed by atoms with Gasteiger partial charge in [0, 0.05) is 23.7 Å². The Morgan fingerprint density at radius 1 is 0.955 bits per heavy atom. The molecule has 0 spiro atoms. The van der Waals surface area contributed by atoms with Gasteiger partial charge in [0.05, 0.1) is 29.2 Å². The lowest BCUT2D eigenvalue weighted by atomic mass is 9.61. The smallest absolute Gasteiger partial charge is 0.235 e. The molecule has 3 aromatic rings. The van der Waals surface area contributed by atoms with E-state index in [4.69, 9.17) is 9.47 Å². The summed E-state index contributed by atoms with van der Waals surface area (Å²) in [7, 11) is 1.50. The van der Waals surface area contributed by atoms with E-state index in [-0.39, 0.29) is 12.5 Å². The first-order valence-corrected chi connectivity index (χ1v) is 15.5. The number of aliphatic hydroxyl groups is 1. The Balaban J connectivity index is 1.89. The molecule has 1 aliphatic rings. The van der Waals surface area contributed by atoms with Crippen molar-refractivity contribution in [2.45, 2.75) is 72.5 Å². The Morgan fingerprint density at radius 3 is 2.02 bits per heavy atom. The van der Waals surface area contributed by atoms with Crippen LogP contribution in [-0.4, -0.2) is 41.5 Å². The van der Waals surface area contributed by atoms with Crippen molar-refractivity contribution in [3.8, 4) is 11.5 Å². The standard InChI is InChI=1S/C35H41BrN2O6/c1-18(2)44-32-24(36)15-23(16-28(32)43-8)29-30(33(40)37-25-13-9-11-19(3)21(25)5)27(39)17-35(7,42)31(29)34(41)38-26-14-10-12-20(4)22(26)6/h9-16,18,29-31,42H,17H2,1-8H3,(H,37,40)(H,38,41). The summed E-state index contributed by atoms with van der Waals surface area (Å²) in [6.45, 7) is 12.9. The number of hydrogen-bond donors (Lipinski definition) is 3. The van der Waals surface area contributed by atoms with Crippen molar-refractivity contribution in [2.75, 3.05) is 17.7 Å². The van der Waals surface area contributed by atoms with Crippen LogP contribution in [0.3, 0.4) is 0 Å². The topological polar surface area (TPSA) is 114 Å². The fraction of sp³-hybridized carbons (Fsp3) is 0.400. The zero-order valence-corrected chi connectivity index (χ0v) is 28.1. The average molecular weight is 666 g/mol. The van der Waals surface area contributed by atoms with E-state index in [2.05, 4.69) is 26.6 Å². The van der Waals surface area contributed by atoms with Crippen molar-refractivity contribution in [3.05, 3.63) is 80.8 Å². The Hall–Kier alpha value is -3.69. The molecule has 4 rings (SSSR count). The number of aryl methyl sites for hydroxylation is 2. The van der Waals surface area contributed by atoms with Crippen molar-refractivity contribution in [2.24, 2.45) is 11.8 Å². The second kappa shape index (κ2) is 13.1. The third-order valence-corrected chi connectivity index (χ3v) is 9.14. The summed E-state index contributed by atoms with van der Waals surface area (Å²) < 4.78 is 12.2. The maximum Gasteiger partial charge on any atom is 0.235 e. The molecule has 0 bridgehead atoms. The van der Waals surface area contributed by atoms with Gasteiger partial charge in [0.1, 0.15) is 11.7 Å². The SMILES string of the molecule is COc1cc(C2C(C(=O)Nc3cccc(C)c3C)C(=O)CC(C)(O)C2C(=O)Nc2cccc(C)c2C)cc(Br)c1OC(C)C. The minimum absolute atomic E-state index is 0.157. The van der Waals surface area contributed by atoms with E-state index in [9.17, 15) is 19.5 Å². The highest BCUT2D eigenvalue weighted by atomic mass is 79.9. The van der Waals surface area contributed by atoms with E-state index < -0.39 is 41.0 Å². The summed E-state index contributed by atoms with van der Waals surface area (Å²) in [5.74, 6) is -4.19. The molecule has 0 aromatic heterocycles. The highest BCUT2D eigenvalue weighted by Crippen LogP contribution is 2.49. The van der Waals surface area contributed by atoms with Gasteiger partial charge >= 0.3 is 0 Å². The minimum atomic E-state index is -1.76. The first-order chi connectivity index (χ1) is 20.7. The summed E-state index contributed by atoms with van der Waals surface area (Å²) in [5.41, 5.74) is 3.62. The van der Waals surface area contributed by atoms with Crippen LogP contribution in [-0.2, 0) is 14.4 Å². The Labute approximate surface area is 267 Å². The third-order valence-electron chi connectivity index (χ3n) is 8.55. The molecule has 4 atom stereocenters. The number of rotatable bonds is 8. The number of benzene rings is 3. The number of amides is 2. The lowest BCUT2D eigenvalue weighted by Crippen LogP contribution is -2.56. The Morgan fingerprint density at radius 2 is 1.50 bits per heavy atom. The molecule has 0 saturated heterocycles. The van der Waals surface area contributed by atoms with Crippen LogP contribution in [0.1, 0.15) is 60.9 Å². The highest BCUT2D eigenvalue weighted by molar-refractivity contribution is 9.10. The molecule has 3 aromatic carbocycles. The zero-order valence-electron chi connectivity index (χ0n) is 26.5. The number of ether oxygens (including phenoxy) is 2. The van der Waals surface area contributed by atoms with Crippen molar-refractivity contribution in [1.82, 2.24) is 0 Å². The van der Waals surface area contributed by atoms with Gasteiger partial charge in [0.2, 0.25) is 11.8 Å². The van der Waals surface area contributed by atoms with Crippen LogP contribution >= 0.6 is 15.9 Å². The monoisotopic (exact) mass is 664 g/mol. The summed E-state index contributed by atoms with van der Waals surface area (Å²) in [6.07, 6.45) is -0.526. The van der Waals surface area contributed by atoms with Gasteiger partial charge in [-0.3, -0.25) is 14.4 Å². The first-order valence-electron chi connectivity index (χ1n) is 14.7. The summed E-state index contributed by atoms with van der Waals surface area (Å²) in [6, 6.07) is 14.5. The molecule has 1 aliphatic carbocycles. The first kappa shape index (κ1) is 33.2. The van der Waals surface area contributed by atoms with Crippen molar-refractivity contribution >= 4 is 44.9 Å². The number of methoxy groups -OCH3 is 1. The molecule has 0 radical (unpaired) electrons. The van der Waals surface area contributed by atoms with E-state index in [0.717, 1.165) is 22.3 Å². The fourth-order valence-corrected chi connectivity index (χ4v) is 6.52. The van der Waals surface area contributed by atoms with Crippen molar-refractivity contribution in [3.63, 3.8) is 0 Å². The second-order valence-electron chi connectivity index (χ2n) is 12.2. The van der Waals surface area contributed by atoms with E-state index in [1.165, 1.54) is 14.0 Å². The molecular formula is C35H41BrN2O6. The number of anilines is 2. The maximum absolute atomic E-state index is 14.2. The molecule has 8 nitrogen and oxygen atoms in total. The Kier molecular flexibility index (Phi) is 9.90. The molecule has 44 heavy (non-hydrogen) atoms. The van der Waals surface area contributed by atoms with Crippen LogP contribution < -0.4 is 20.1 Å². The largest absolute Gasteiger partial charge is 0.493 e. The fourth-order valence-electron chi connectivity index (χ4n) is 5.97. The summed E-state index contributed by atoms with van der Waals surface area (Å²) >= 11 is 3.58. The minimum Gasteiger partial charge on any atom is -0.493 e. The van der Waals surface area contributed by atoms with Gasteiger partial charge in [0.25, 0.3) is 0 Å². The van der Waals surface area contributed by atoms with Gasteiger partial charge in [-0.05, 0) is 116 Å². The lowest BCUT2D eigenvalue weighted by molar-refractivity contribution is -0.150. The number of ketones is 1. The summed E-state index contributed by atoms with van der Waals surface area (Å²) in [5, 5.41) is 17.7. The van der Waals surface area contributed by atoms with Crippen LogP contribution in [0.4, 0.5) is 11.4 Å². The van der Waals surface area contributed by atoms with E-state index >= 15 is 0 Å². The van der Waals surface area contributed by atoms with Gasteiger partial charge in [-0.1, -0.05) is 24.3 Å². The zero-order chi connectivity index (χ0) is 32.5. The normalized spacial score (nSPS) is 21.6. The van der Waals surface area contributed by atoms with E-state index in [1.807, 2.05) is 65.8 Å². The quantitative estimate of drug-likeness (QED) is 0.228. The van der Waals surface area contributed by atoms with Crippen LogP contribution in [0.15, 0.2) is 53.0 Å². The second-order valence-corrected chi connectivity index (χ2v) is 13.0. The molecule has 0 aliphatic heterocycles. The molecule has 2 amide bonds. The molecule has 3 N–H and O–H groups in total. The number of carbonyl (C=O) groups excluding carboxylic acids is 3. The molecular weight excluding hydrogens is 624 g/mol. The van der Waals surface area contributed by atoms with Gasteiger partial charge < -0.3 is 25.2 Å². The maximum atomic E-state index is 14.2. The number of halogens is 1. The number of carbonyl (C=O) groups is 3. The van der Waals surface area contributed by atoms with Gasteiger partial charge in [-0.25, -0.2) is 0 Å². The van der Waals surface area contributed by atoms with Gasteiger partial charge in [0.15, 0.2) is 11.5 Å². The van der Waals surface area contributed by atoms with Crippen LogP contribution in [0.5, 0.6) is 11.5 Å². The van der Waals surface area contributed by atoms with E-state index in [1.54, 1.807) is 24.3 Å².